The molecule has 1 saturated heterocycles. The summed E-state index contributed by atoms with van der Waals surface area (Å²) in [5.74, 6) is -0.197. The van der Waals surface area contributed by atoms with Crippen LogP contribution in [0.15, 0.2) is 42.9 Å². The van der Waals surface area contributed by atoms with Crippen molar-refractivity contribution in [2.45, 2.75) is 44.8 Å². The zero-order valence-electron chi connectivity index (χ0n) is 16.0. The van der Waals surface area contributed by atoms with Crippen LogP contribution in [0.5, 0.6) is 0 Å². The molecule has 3 rings (SSSR count). The number of nitrogens with zero attached hydrogens (tertiary/aromatic N) is 3. The molecule has 0 saturated carbocycles. The Balaban J connectivity index is 1.88. The van der Waals surface area contributed by atoms with Crippen molar-refractivity contribution < 1.29 is 9.53 Å². The number of carbonyl (C=O) groups excluding carboxylic acids is 1. The molecule has 2 atom stereocenters. The van der Waals surface area contributed by atoms with Gasteiger partial charge in [0.05, 0.1) is 24.9 Å². The van der Waals surface area contributed by atoms with Gasteiger partial charge < -0.3 is 19.5 Å². The lowest BCUT2D eigenvalue weighted by Crippen LogP contribution is -2.30. The second-order valence-electron chi connectivity index (χ2n) is 6.99. The van der Waals surface area contributed by atoms with Crippen molar-refractivity contribution in [2.24, 2.45) is 0 Å². The summed E-state index contributed by atoms with van der Waals surface area (Å²) in [5, 5.41) is 4.12. The molecule has 0 unspecified atom stereocenters. The van der Waals surface area contributed by atoms with Gasteiger partial charge in [-0.2, -0.15) is 0 Å². The number of pyridine rings is 1. The summed E-state index contributed by atoms with van der Waals surface area (Å²) in [6.07, 6.45) is 7.14. The molecular formula is C20H26N4O2S. The van der Waals surface area contributed by atoms with Crippen LogP contribution in [0.3, 0.4) is 0 Å². The van der Waals surface area contributed by atoms with E-state index in [4.69, 9.17) is 17.0 Å². The summed E-state index contributed by atoms with van der Waals surface area (Å²) in [4.78, 5) is 18.2. The summed E-state index contributed by atoms with van der Waals surface area (Å²) in [7, 11) is 1.42. The van der Waals surface area contributed by atoms with Gasteiger partial charge in [0.2, 0.25) is 0 Å². The van der Waals surface area contributed by atoms with E-state index in [0.717, 1.165) is 5.69 Å². The van der Waals surface area contributed by atoms with Gasteiger partial charge in [-0.15, -0.1) is 0 Å². The van der Waals surface area contributed by atoms with Gasteiger partial charge in [-0.25, -0.2) is 0 Å². The Kier molecular flexibility index (Phi) is 6.11. The number of ether oxygens (including phenoxy) is 1. The van der Waals surface area contributed by atoms with E-state index in [9.17, 15) is 4.79 Å². The molecule has 0 spiro atoms. The normalized spacial score (nSPS) is 19.4. The maximum absolute atomic E-state index is 11.5. The third kappa shape index (κ3) is 4.30. The number of thiocarbonyl (C=S) groups is 1. The summed E-state index contributed by atoms with van der Waals surface area (Å²) in [6, 6.07) is 8.46. The van der Waals surface area contributed by atoms with E-state index >= 15 is 0 Å². The molecule has 1 fully saturated rings. The van der Waals surface area contributed by atoms with Gasteiger partial charge in [-0.05, 0) is 56.2 Å². The van der Waals surface area contributed by atoms with Crippen LogP contribution in [-0.4, -0.2) is 39.2 Å². The Morgan fingerprint density at radius 2 is 2.19 bits per heavy atom. The molecule has 7 heteroatoms. The molecule has 2 aromatic heterocycles. The number of methoxy groups -OCH3 is 1. The van der Waals surface area contributed by atoms with E-state index in [1.165, 1.54) is 12.7 Å². The van der Waals surface area contributed by atoms with Crippen molar-refractivity contribution in [3.05, 3.63) is 54.1 Å². The van der Waals surface area contributed by atoms with Gasteiger partial charge in [0.25, 0.3) is 0 Å². The van der Waals surface area contributed by atoms with Crippen LogP contribution in [0.25, 0.3) is 0 Å². The van der Waals surface area contributed by atoms with Crippen molar-refractivity contribution >= 4 is 23.3 Å². The van der Waals surface area contributed by atoms with Crippen molar-refractivity contribution in [2.75, 3.05) is 13.7 Å². The molecule has 0 aliphatic carbocycles. The third-order valence-electron chi connectivity index (χ3n) is 4.88. The first-order valence-electron chi connectivity index (χ1n) is 9.23. The Hall–Kier alpha value is -2.41. The second-order valence-corrected chi connectivity index (χ2v) is 7.37. The van der Waals surface area contributed by atoms with Gasteiger partial charge in [0.15, 0.2) is 5.11 Å². The van der Waals surface area contributed by atoms with E-state index in [1.54, 1.807) is 6.20 Å². The van der Waals surface area contributed by atoms with Gasteiger partial charge in [-0.1, -0.05) is 6.07 Å². The molecule has 6 nitrogen and oxygen atoms in total. The van der Waals surface area contributed by atoms with Crippen molar-refractivity contribution in [3.8, 4) is 0 Å². The Morgan fingerprint density at radius 3 is 2.81 bits per heavy atom. The maximum atomic E-state index is 11.5. The number of nitrogens with one attached hydrogen (secondary N) is 1. The average molecular weight is 387 g/mol. The number of rotatable bonds is 7. The maximum Gasteiger partial charge on any atom is 0.305 e. The quantitative estimate of drug-likeness (QED) is 0.581. The Morgan fingerprint density at radius 1 is 1.37 bits per heavy atom. The van der Waals surface area contributed by atoms with Crippen LogP contribution in [0, 0.1) is 0 Å². The zero-order valence-corrected chi connectivity index (χ0v) is 16.8. The van der Waals surface area contributed by atoms with Crippen LogP contribution in [0.4, 0.5) is 0 Å². The van der Waals surface area contributed by atoms with E-state index < -0.39 is 0 Å². The largest absolute Gasteiger partial charge is 0.469 e. The monoisotopic (exact) mass is 386 g/mol. The molecule has 0 aromatic carbocycles. The van der Waals surface area contributed by atoms with Crippen LogP contribution < -0.4 is 5.32 Å². The average Bonchev–Trinajstić information content (AvgIpc) is 3.27. The standard InChI is InChI=1S/C20H26N4O2S/c1-14(2)23-12-9-15(13-23)19-18(16-7-4-5-10-21-16)22-20(27)24(19)11-6-8-17(25)26-3/h4-5,7,9-10,12-14,18-19H,6,8,11H2,1-3H3,(H,22,27)/t18-,19-/m1/s1. The first kappa shape index (κ1) is 19.4. The van der Waals surface area contributed by atoms with Crippen LogP contribution in [-0.2, 0) is 9.53 Å². The van der Waals surface area contributed by atoms with Gasteiger partial charge in [0.1, 0.15) is 0 Å². The predicted octanol–water partition coefficient (Wildman–Crippen LogP) is 3.39. The number of hydrogen-bond donors (Lipinski definition) is 1. The molecule has 1 aliphatic heterocycles. The molecule has 0 amide bonds. The minimum absolute atomic E-state index is 0.0279. The lowest BCUT2D eigenvalue weighted by molar-refractivity contribution is -0.140. The SMILES string of the molecule is COC(=O)CCCN1C(=S)N[C@H](c2ccccn2)[C@H]1c1ccn(C(C)C)c1. The molecular weight excluding hydrogens is 360 g/mol. The van der Waals surface area contributed by atoms with Gasteiger partial charge >= 0.3 is 5.97 Å². The smallest absolute Gasteiger partial charge is 0.305 e. The molecule has 1 aliphatic rings. The zero-order chi connectivity index (χ0) is 19.4. The molecule has 0 radical (unpaired) electrons. The van der Waals surface area contributed by atoms with Crippen LogP contribution in [0.2, 0.25) is 0 Å². The lowest BCUT2D eigenvalue weighted by Gasteiger charge is -2.27. The fourth-order valence-electron chi connectivity index (χ4n) is 3.43. The highest BCUT2D eigenvalue weighted by molar-refractivity contribution is 7.80. The van der Waals surface area contributed by atoms with Crippen molar-refractivity contribution in [1.82, 2.24) is 19.8 Å². The summed E-state index contributed by atoms with van der Waals surface area (Å²) in [6.45, 7) is 5.00. The summed E-state index contributed by atoms with van der Waals surface area (Å²) < 4.78 is 6.95. The molecule has 27 heavy (non-hydrogen) atoms. The summed E-state index contributed by atoms with van der Waals surface area (Å²) in [5.41, 5.74) is 2.14. The molecule has 3 heterocycles. The number of esters is 1. The van der Waals surface area contributed by atoms with Crippen molar-refractivity contribution in [3.63, 3.8) is 0 Å². The highest BCUT2D eigenvalue weighted by atomic mass is 32.1. The van der Waals surface area contributed by atoms with E-state index in [2.05, 4.69) is 52.1 Å². The minimum atomic E-state index is -0.197. The third-order valence-corrected chi connectivity index (χ3v) is 5.23. The van der Waals surface area contributed by atoms with E-state index in [1.807, 2.05) is 18.2 Å². The molecule has 2 aromatic rings. The van der Waals surface area contributed by atoms with Crippen LogP contribution >= 0.6 is 12.2 Å². The number of hydrogen-bond acceptors (Lipinski definition) is 4. The number of carbonyl (C=O) groups is 1. The molecule has 1 N–H and O–H groups in total. The van der Waals surface area contributed by atoms with E-state index in [-0.39, 0.29) is 18.1 Å². The lowest BCUT2D eigenvalue weighted by atomic mass is 9.99. The topological polar surface area (TPSA) is 59.4 Å². The fourth-order valence-corrected chi connectivity index (χ4v) is 3.76. The van der Waals surface area contributed by atoms with Gasteiger partial charge in [-0.3, -0.25) is 9.78 Å². The Labute approximate surface area is 165 Å². The first-order valence-corrected chi connectivity index (χ1v) is 9.64. The molecule has 144 valence electrons. The predicted molar refractivity (Wildman–Crippen MR) is 108 cm³/mol. The van der Waals surface area contributed by atoms with Gasteiger partial charge in [0, 0.05) is 37.6 Å². The van der Waals surface area contributed by atoms with Crippen molar-refractivity contribution in [1.29, 1.82) is 0 Å². The minimum Gasteiger partial charge on any atom is -0.469 e. The summed E-state index contributed by atoms with van der Waals surface area (Å²) >= 11 is 5.62. The fraction of sp³-hybridized carbons (Fsp3) is 0.450. The highest BCUT2D eigenvalue weighted by Crippen LogP contribution is 2.39. The second kappa shape index (κ2) is 8.52. The van der Waals surface area contributed by atoms with Crippen LogP contribution in [0.1, 0.15) is 56.1 Å². The van der Waals surface area contributed by atoms with E-state index in [0.29, 0.717) is 30.5 Å². The first-order chi connectivity index (χ1) is 13.0. The Bertz CT molecular complexity index is 790. The highest BCUT2D eigenvalue weighted by Gasteiger charge is 2.39. The number of aromatic nitrogens is 2. The molecule has 0 bridgehead atoms.